The summed E-state index contributed by atoms with van der Waals surface area (Å²) < 4.78 is 26.7. The molecule has 0 unspecified atom stereocenters. The lowest BCUT2D eigenvalue weighted by Gasteiger charge is -2.31. The maximum absolute atomic E-state index is 13.4. The summed E-state index contributed by atoms with van der Waals surface area (Å²) in [6.07, 6.45) is 0.362. The molecule has 1 fully saturated rings. The summed E-state index contributed by atoms with van der Waals surface area (Å²) in [7, 11) is -3.99. The number of benzene rings is 3. The van der Waals surface area contributed by atoms with Gasteiger partial charge in [0.05, 0.1) is 16.2 Å². The van der Waals surface area contributed by atoms with Gasteiger partial charge in [0.2, 0.25) is 5.91 Å². The van der Waals surface area contributed by atoms with Gasteiger partial charge < -0.3 is 26.4 Å². The molecule has 0 aliphatic carbocycles. The second kappa shape index (κ2) is 11.5. The van der Waals surface area contributed by atoms with Crippen LogP contribution in [-0.4, -0.2) is 67.8 Å². The van der Waals surface area contributed by atoms with Crippen LogP contribution in [0.25, 0.3) is 10.8 Å². The molecule has 1 saturated heterocycles. The summed E-state index contributed by atoms with van der Waals surface area (Å²) in [6.45, 7) is 0.849. The molecule has 38 heavy (non-hydrogen) atoms. The van der Waals surface area contributed by atoms with Crippen LogP contribution in [0.1, 0.15) is 23.2 Å². The number of rotatable bonds is 8. The summed E-state index contributed by atoms with van der Waals surface area (Å²) in [6, 6.07) is 16.9. The summed E-state index contributed by atoms with van der Waals surface area (Å²) >= 11 is 0. The number of hydrogen-bond acceptors (Lipinski definition) is 6. The molecule has 200 valence electrons. The van der Waals surface area contributed by atoms with Crippen LogP contribution in [0.5, 0.6) is 0 Å². The first-order chi connectivity index (χ1) is 18.1. The fourth-order valence-corrected chi connectivity index (χ4v) is 6.02. The van der Waals surface area contributed by atoms with Gasteiger partial charge >= 0.3 is 6.09 Å². The highest BCUT2D eigenvalue weighted by atomic mass is 32.2. The van der Waals surface area contributed by atoms with Crippen LogP contribution in [0.3, 0.4) is 0 Å². The van der Waals surface area contributed by atoms with Crippen molar-refractivity contribution >= 4 is 44.2 Å². The number of amides is 3. The zero-order chi connectivity index (χ0) is 27.3. The maximum atomic E-state index is 13.4. The predicted octanol–water partition coefficient (Wildman–Crippen LogP) is 2.50. The van der Waals surface area contributed by atoms with Crippen LogP contribution >= 0.6 is 0 Å². The Kier molecular flexibility index (Phi) is 8.16. The second-order valence-corrected chi connectivity index (χ2v) is 11.4. The minimum absolute atomic E-state index is 0.0341. The molecule has 2 atom stereocenters. The molecule has 10 nitrogen and oxygen atoms in total. The quantitative estimate of drug-likeness (QED) is 0.321. The number of fused-ring (bicyclic) bond motifs is 1. The Balaban J connectivity index is 1.54. The van der Waals surface area contributed by atoms with Crippen molar-refractivity contribution in [3.05, 3.63) is 72.3 Å². The highest BCUT2D eigenvalue weighted by Gasteiger charge is 2.30. The van der Waals surface area contributed by atoms with Crippen molar-refractivity contribution < 1.29 is 27.9 Å². The fourth-order valence-electron chi connectivity index (χ4n) is 4.57. The number of likely N-dealkylation sites (tertiary alicyclic amines) is 1. The van der Waals surface area contributed by atoms with Gasteiger partial charge in [0.1, 0.15) is 6.04 Å². The molecule has 5 N–H and O–H groups in total. The molecule has 1 aliphatic rings. The molecular weight excluding hydrogens is 508 g/mol. The van der Waals surface area contributed by atoms with E-state index in [0.717, 1.165) is 17.2 Å². The standard InChI is InChI=1S/C27H30N4O6S/c28-23-10-4-3-9-22(23)25(32)30-24(26(33)29-15-18-6-5-13-31(16-18)27(34)35)17-38(36,37)21-12-11-19-7-1-2-8-20(19)14-21/h1-4,7-12,14,18,24H,5-6,13,15-17,28H2,(H,29,33)(H,30,32)(H,34,35)/t18-,24-/m0/s1. The van der Waals surface area contributed by atoms with Crippen molar-refractivity contribution in [3.63, 3.8) is 0 Å². The van der Waals surface area contributed by atoms with Crippen molar-refractivity contribution in [2.75, 3.05) is 31.1 Å². The first-order valence-electron chi connectivity index (χ1n) is 12.3. The number of nitrogens with zero attached hydrogens (tertiary/aromatic N) is 1. The first kappa shape index (κ1) is 26.9. The van der Waals surface area contributed by atoms with Gasteiger partial charge in [0.15, 0.2) is 9.84 Å². The third-order valence-electron chi connectivity index (χ3n) is 6.65. The van der Waals surface area contributed by atoms with Gasteiger partial charge in [-0.25, -0.2) is 13.2 Å². The normalized spacial score (nSPS) is 16.5. The fraction of sp³-hybridized carbons (Fsp3) is 0.296. The molecule has 3 amide bonds. The van der Waals surface area contributed by atoms with Gasteiger partial charge in [-0.3, -0.25) is 9.59 Å². The van der Waals surface area contributed by atoms with Crippen molar-refractivity contribution in [2.45, 2.75) is 23.8 Å². The number of carbonyl (C=O) groups is 3. The molecule has 0 radical (unpaired) electrons. The average Bonchev–Trinajstić information content (AvgIpc) is 2.91. The molecule has 0 aromatic heterocycles. The Morgan fingerprint density at radius 1 is 1.03 bits per heavy atom. The molecule has 1 aliphatic heterocycles. The molecule has 4 rings (SSSR count). The monoisotopic (exact) mass is 538 g/mol. The van der Waals surface area contributed by atoms with Crippen LogP contribution < -0.4 is 16.4 Å². The van der Waals surface area contributed by atoms with Crippen LogP contribution in [0.15, 0.2) is 71.6 Å². The molecule has 1 heterocycles. The van der Waals surface area contributed by atoms with E-state index in [9.17, 15) is 27.9 Å². The zero-order valence-electron chi connectivity index (χ0n) is 20.7. The molecule has 11 heteroatoms. The topological polar surface area (TPSA) is 159 Å². The minimum Gasteiger partial charge on any atom is -0.465 e. The number of piperidine rings is 1. The first-order valence-corrected chi connectivity index (χ1v) is 13.9. The van der Waals surface area contributed by atoms with Crippen molar-refractivity contribution in [1.29, 1.82) is 0 Å². The Labute approximate surface area is 220 Å². The number of carboxylic acid groups (broad SMARTS) is 1. The van der Waals surface area contributed by atoms with Crippen LogP contribution in [-0.2, 0) is 14.6 Å². The minimum atomic E-state index is -3.99. The number of nitrogen functional groups attached to an aromatic ring is 1. The highest BCUT2D eigenvalue weighted by Crippen LogP contribution is 2.21. The van der Waals surface area contributed by atoms with Gasteiger partial charge in [-0.15, -0.1) is 0 Å². The maximum Gasteiger partial charge on any atom is 0.407 e. The Bertz CT molecular complexity index is 1460. The number of carbonyl (C=O) groups excluding carboxylic acids is 2. The number of anilines is 1. The lowest BCUT2D eigenvalue weighted by molar-refractivity contribution is -0.122. The van der Waals surface area contributed by atoms with E-state index in [1.807, 2.05) is 12.1 Å². The molecule has 0 spiro atoms. The third-order valence-corrected chi connectivity index (χ3v) is 8.39. The van der Waals surface area contributed by atoms with E-state index in [2.05, 4.69) is 10.6 Å². The molecule has 3 aromatic rings. The van der Waals surface area contributed by atoms with Gasteiger partial charge in [-0.2, -0.15) is 0 Å². The van der Waals surface area contributed by atoms with E-state index in [-0.39, 0.29) is 35.2 Å². The Morgan fingerprint density at radius 3 is 2.47 bits per heavy atom. The molecule has 0 bridgehead atoms. The number of sulfone groups is 1. The SMILES string of the molecule is Nc1ccccc1C(=O)N[C@@H](CS(=O)(=O)c1ccc2ccccc2c1)C(=O)NC[C@@H]1CCCN(C(=O)O)C1. The second-order valence-electron chi connectivity index (χ2n) is 9.39. The molecule has 3 aromatic carbocycles. The van der Waals surface area contributed by atoms with E-state index in [0.29, 0.717) is 13.0 Å². The number of hydrogen-bond donors (Lipinski definition) is 4. The van der Waals surface area contributed by atoms with E-state index in [1.54, 1.807) is 36.4 Å². The van der Waals surface area contributed by atoms with Gasteiger partial charge in [-0.1, -0.05) is 42.5 Å². The predicted molar refractivity (Wildman–Crippen MR) is 143 cm³/mol. The summed E-state index contributed by atoms with van der Waals surface area (Å²) in [5.41, 5.74) is 6.22. The van der Waals surface area contributed by atoms with Gasteiger partial charge in [-0.05, 0) is 53.8 Å². The zero-order valence-corrected chi connectivity index (χ0v) is 21.5. The molecular formula is C27H30N4O6S. The largest absolute Gasteiger partial charge is 0.465 e. The van der Waals surface area contributed by atoms with E-state index < -0.39 is 39.5 Å². The lowest BCUT2D eigenvalue weighted by atomic mass is 9.98. The summed E-state index contributed by atoms with van der Waals surface area (Å²) in [5, 5.41) is 16.1. The van der Waals surface area contributed by atoms with Crippen molar-refractivity contribution in [1.82, 2.24) is 15.5 Å². The van der Waals surface area contributed by atoms with Crippen LogP contribution in [0, 0.1) is 5.92 Å². The highest BCUT2D eigenvalue weighted by molar-refractivity contribution is 7.91. The number of nitrogens with one attached hydrogen (secondary N) is 2. The number of nitrogens with two attached hydrogens (primary N) is 1. The number of para-hydroxylation sites is 1. The Morgan fingerprint density at radius 2 is 1.74 bits per heavy atom. The summed E-state index contributed by atoms with van der Waals surface area (Å²) in [5.74, 6) is -2.14. The van der Waals surface area contributed by atoms with Crippen molar-refractivity contribution in [2.24, 2.45) is 5.92 Å². The van der Waals surface area contributed by atoms with E-state index >= 15 is 0 Å². The Hall–Kier alpha value is -4.12. The summed E-state index contributed by atoms with van der Waals surface area (Å²) in [4.78, 5) is 38.8. The van der Waals surface area contributed by atoms with Crippen molar-refractivity contribution in [3.8, 4) is 0 Å². The van der Waals surface area contributed by atoms with E-state index in [4.69, 9.17) is 5.73 Å². The van der Waals surface area contributed by atoms with Crippen LogP contribution in [0.2, 0.25) is 0 Å². The lowest BCUT2D eigenvalue weighted by Crippen LogP contribution is -2.52. The van der Waals surface area contributed by atoms with Gasteiger partial charge in [0, 0.05) is 25.3 Å². The average molecular weight is 539 g/mol. The van der Waals surface area contributed by atoms with Crippen LogP contribution in [0.4, 0.5) is 10.5 Å². The van der Waals surface area contributed by atoms with E-state index in [1.165, 1.54) is 23.1 Å². The molecule has 0 saturated carbocycles. The van der Waals surface area contributed by atoms with Gasteiger partial charge in [0.25, 0.3) is 5.91 Å². The smallest absolute Gasteiger partial charge is 0.407 e. The third kappa shape index (κ3) is 6.41.